The van der Waals surface area contributed by atoms with Gasteiger partial charge in [-0.2, -0.15) is 0 Å². The van der Waals surface area contributed by atoms with E-state index in [0.717, 1.165) is 12.0 Å². The molecule has 19 heavy (non-hydrogen) atoms. The van der Waals surface area contributed by atoms with Gasteiger partial charge in [-0.25, -0.2) is 0 Å². The molecule has 0 atom stereocenters. The summed E-state index contributed by atoms with van der Waals surface area (Å²) in [6.07, 6.45) is 7.22. The molecule has 1 aliphatic rings. The lowest BCUT2D eigenvalue weighted by Crippen LogP contribution is -2.11. The van der Waals surface area contributed by atoms with Crippen molar-refractivity contribution in [2.45, 2.75) is 53.4 Å². The third-order valence-corrected chi connectivity index (χ3v) is 2.84. The number of amidine groups is 1. The van der Waals surface area contributed by atoms with E-state index >= 15 is 0 Å². The summed E-state index contributed by atoms with van der Waals surface area (Å²) < 4.78 is 0. The molecule has 106 valence electrons. The monoisotopic (exact) mass is 260 g/mol. The van der Waals surface area contributed by atoms with Crippen molar-refractivity contribution in [1.82, 2.24) is 0 Å². The standard InChI is InChI=1S/C13H16N2.2C2H6/c14-13(15)12-8-4-7-11(9-12)10-5-2-1-3-6-10;2*1-2/h4-5,7-9H,1-3,6H2,(H3,14,15);2*1-2H3. The first-order valence-corrected chi connectivity index (χ1v) is 7.41. The second kappa shape index (κ2) is 10.4. The van der Waals surface area contributed by atoms with E-state index in [9.17, 15) is 0 Å². The van der Waals surface area contributed by atoms with Gasteiger partial charge >= 0.3 is 0 Å². The molecule has 1 aromatic carbocycles. The smallest absolute Gasteiger partial charge is 0.122 e. The fourth-order valence-corrected chi connectivity index (χ4v) is 1.99. The van der Waals surface area contributed by atoms with Crippen molar-refractivity contribution < 1.29 is 0 Å². The summed E-state index contributed by atoms with van der Waals surface area (Å²) in [5.41, 5.74) is 8.93. The van der Waals surface area contributed by atoms with Crippen LogP contribution in [0.3, 0.4) is 0 Å². The van der Waals surface area contributed by atoms with Crippen molar-refractivity contribution in [3.8, 4) is 0 Å². The van der Waals surface area contributed by atoms with E-state index in [-0.39, 0.29) is 5.84 Å². The molecule has 0 bridgehead atoms. The second-order valence-electron chi connectivity index (χ2n) is 3.97. The van der Waals surface area contributed by atoms with Crippen LogP contribution in [0.1, 0.15) is 64.5 Å². The third-order valence-electron chi connectivity index (χ3n) is 2.84. The maximum atomic E-state index is 7.40. The number of benzene rings is 1. The Balaban J connectivity index is 0.000000741. The minimum Gasteiger partial charge on any atom is -0.384 e. The van der Waals surface area contributed by atoms with Gasteiger partial charge in [0.05, 0.1) is 0 Å². The van der Waals surface area contributed by atoms with E-state index in [1.165, 1.54) is 30.4 Å². The molecule has 0 saturated carbocycles. The van der Waals surface area contributed by atoms with Crippen LogP contribution < -0.4 is 5.73 Å². The fraction of sp³-hybridized carbons (Fsp3) is 0.471. The largest absolute Gasteiger partial charge is 0.384 e. The zero-order valence-electron chi connectivity index (χ0n) is 12.8. The Bertz CT molecular complexity index is 405. The summed E-state index contributed by atoms with van der Waals surface area (Å²) in [6.45, 7) is 8.00. The van der Waals surface area contributed by atoms with Crippen molar-refractivity contribution in [2.75, 3.05) is 0 Å². The number of hydrogen-bond acceptors (Lipinski definition) is 1. The van der Waals surface area contributed by atoms with Gasteiger partial charge < -0.3 is 5.73 Å². The van der Waals surface area contributed by atoms with Crippen molar-refractivity contribution >= 4 is 11.4 Å². The quantitative estimate of drug-likeness (QED) is 0.572. The zero-order valence-corrected chi connectivity index (χ0v) is 12.8. The highest BCUT2D eigenvalue weighted by Gasteiger charge is 2.07. The van der Waals surface area contributed by atoms with Crippen LogP contribution in [0.5, 0.6) is 0 Å². The first-order chi connectivity index (χ1) is 9.27. The highest BCUT2D eigenvalue weighted by Crippen LogP contribution is 2.26. The first kappa shape index (κ1) is 17.4. The average Bonchev–Trinajstić information content (AvgIpc) is 2.52. The number of allylic oxidation sites excluding steroid dienone is 2. The average molecular weight is 260 g/mol. The Morgan fingerprint density at radius 3 is 2.32 bits per heavy atom. The van der Waals surface area contributed by atoms with E-state index in [0.29, 0.717) is 0 Å². The predicted molar refractivity (Wildman–Crippen MR) is 86.6 cm³/mol. The van der Waals surface area contributed by atoms with Crippen LogP contribution in [0.25, 0.3) is 5.57 Å². The molecule has 0 saturated heterocycles. The number of nitrogens with two attached hydrogens (primary N) is 1. The lowest BCUT2D eigenvalue weighted by molar-refractivity contribution is 0.742. The van der Waals surface area contributed by atoms with E-state index in [2.05, 4.69) is 12.1 Å². The van der Waals surface area contributed by atoms with Crippen molar-refractivity contribution in [3.05, 3.63) is 41.5 Å². The molecule has 0 aliphatic heterocycles. The zero-order chi connectivity index (χ0) is 14.7. The Morgan fingerprint density at radius 1 is 1.11 bits per heavy atom. The number of hydrogen-bond donors (Lipinski definition) is 2. The SMILES string of the molecule is CC.CC.N=C(N)c1cccc(C2=CCCCC2)c1. The van der Waals surface area contributed by atoms with Gasteiger partial charge in [0.25, 0.3) is 0 Å². The first-order valence-electron chi connectivity index (χ1n) is 7.41. The maximum Gasteiger partial charge on any atom is 0.122 e. The Kier molecular flexibility index (Phi) is 9.51. The highest BCUT2D eigenvalue weighted by molar-refractivity contribution is 5.95. The Labute approximate surface area is 118 Å². The Morgan fingerprint density at radius 2 is 1.79 bits per heavy atom. The van der Waals surface area contributed by atoms with E-state index in [1.807, 2.05) is 45.9 Å². The topological polar surface area (TPSA) is 49.9 Å². The second-order valence-corrected chi connectivity index (χ2v) is 3.97. The summed E-state index contributed by atoms with van der Waals surface area (Å²) in [5, 5.41) is 7.40. The summed E-state index contributed by atoms with van der Waals surface area (Å²) in [4.78, 5) is 0. The molecule has 3 N–H and O–H groups in total. The van der Waals surface area contributed by atoms with Gasteiger partial charge in [-0.1, -0.05) is 52.0 Å². The van der Waals surface area contributed by atoms with Crippen LogP contribution in [-0.4, -0.2) is 5.84 Å². The molecule has 2 rings (SSSR count). The number of nitrogens with one attached hydrogen (secondary N) is 1. The van der Waals surface area contributed by atoms with Crippen molar-refractivity contribution in [1.29, 1.82) is 5.41 Å². The van der Waals surface area contributed by atoms with Gasteiger partial charge in [-0.05, 0) is 42.9 Å². The van der Waals surface area contributed by atoms with Gasteiger partial charge in [0.1, 0.15) is 5.84 Å². The molecule has 0 fully saturated rings. The van der Waals surface area contributed by atoms with Crippen LogP contribution in [0, 0.1) is 5.41 Å². The molecule has 0 radical (unpaired) electrons. The van der Waals surface area contributed by atoms with Gasteiger partial charge in [-0.15, -0.1) is 0 Å². The highest BCUT2D eigenvalue weighted by atomic mass is 14.7. The normalized spacial score (nSPS) is 13.2. The molecule has 1 aliphatic carbocycles. The lowest BCUT2D eigenvalue weighted by atomic mass is 9.93. The number of rotatable bonds is 2. The van der Waals surface area contributed by atoms with Gasteiger partial charge in [0, 0.05) is 5.56 Å². The molecular weight excluding hydrogens is 232 g/mol. The maximum absolute atomic E-state index is 7.40. The van der Waals surface area contributed by atoms with Crippen LogP contribution in [-0.2, 0) is 0 Å². The van der Waals surface area contributed by atoms with Crippen LogP contribution in [0.4, 0.5) is 0 Å². The van der Waals surface area contributed by atoms with Gasteiger partial charge in [-0.3, -0.25) is 5.41 Å². The van der Waals surface area contributed by atoms with Gasteiger partial charge in [0.15, 0.2) is 0 Å². The Hall–Kier alpha value is -1.57. The molecule has 1 aromatic rings. The minimum atomic E-state index is 0.147. The molecule has 2 nitrogen and oxygen atoms in total. The summed E-state index contributed by atoms with van der Waals surface area (Å²) in [6, 6.07) is 7.97. The summed E-state index contributed by atoms with van der Waals surface area (Å²) >= 11 is 0. The molecule has 0 spiro atoms. The molecule has 0 aromatic heterocycles. The van der Waals surface area contributed by atoms with Crippen molar-refractivity contribution in [3.63, 3.8) is 0 Å². The van der Waals surface area contributed by atoms with Crippen LogP contribution in [0.15, 0.2) is 30.3 Å². The minimum absolute atomic E-state index is 0.147. The van der Waals surface area contributed by atoms with E-state index in [4.69, 9.17) is 11.1 Å². The van der Waals surface area contributed by atoms with E-state index in [1.54, 1.807) is 0 Å². The lowest BCUT2D eigenvalue weighted by Gasteiger charge is -2.13. The van der Waals surface area contributed by atoms with E-state index < -0.39 is 0 Å². The van der Waals surface area contributed by atoms with Crippen LogP contribution >= 0.6 is 0 Å². The molecule has 0 amide bonds. The van der Waals surface area contributed by atoms with Gasteiger partial charge in [0.2, 0.25) is 0 Å². The molecule has 2 heteroatoms. The van der Waals surface area contributed by atoms with Crippen LogP contribution in [0.2, 0.25) is 0 Å². The predicted octanol–water partition coefficient (Wildman–Crippen LogP) is 4.98. The third kappa shape index (κ3) is 5.73. The summed E-state index contributed by atoms with van der Waals surface area (Å²) in [5.74, 6) is 0.147. The number of nitrogen functional groups attached to an aromatic ring is 1. The molecular formula is C17H28N2. The molecule has 0 unspecified atom stereocenters. The fourth-order valence-electron chi connectivity index (χ4n) is 1.99. The summed E-state index contributed by atoms with van der Waals surface area (Å²) in [7, 11) is 0. The molecule has 0 heterocycles. The van der Waals surface area contributed by atoms with Crippen molar-refractivity contribution in [2.24, 2.45) is 5.73 Å².